The van der Waals surface area contributed by atoms with Crippen LogP contribution < -0.4 is 11.5 Å². The van der Waals surface area contributed by atoms with Crippen LogP contribution in [0.4, 0.5) is 5.69 Å². The second-order valence-electron chi connectivity index (χ2n) is 3.12. The average molecular weight is 164 g/mol. The first-order chi connectivity index (χ1) is 5.72. The lowest BCUT2D eigenvalue weighted by Gasteiger charge is -2.08. The molecule has 2 heteroatoms. The van der Waals surface area contributed by atoms with E-state index in [-0.39, 0.29) is 6.04 Å². The maximum atomic E-state index is 5.81. The summed E-state index contributed by atoms with van der Waals surface area (Å²) in [5.41, 5.74) is 13.5. The normalized spacial score (nSPS) is 12.8. The van der Waals surface area contributed by atoms with Crippen LogP contribution in [0.15, 0.2) is 24.3 Å². The highest BCUT2D eigenvalue weighted by molar-refractivity contribution is 5.40. The van der Waals surface area contributed by atoms with Crippen molar-refractivity contribution < 1.29 is 0 Å². The van der Waals surface area contributed by atoms with E-state index >= 15 is 0 Å². The third-order valence-electron chi connectivity index (χ3n) is 1.97. The molecule has 12 heavy (non-hydrogen) atoms. The average Bonchev–Trinajstić information content (AvgIpc) is 2.04. The van der Waals surface area contributed by atoms with Crippen LogP contribution in [-0.4, -0.2) is 6.04 Å². The van der Waals surface area contributed by atoms with Crippen molar-refractivity contribution in [2.75, 3.05) is 5.73 Å². The van der Waals surface area contributed by atoms with E-state index in [0.29, 0.717) is 0 Å². The van der Waals surface area contributed by atoms with Crippen LogP contribution in [0.2, 0.25) is 0 Å². The number of hydrogen-bond donors (Lipinski definition) is 2. The second kappa shape index (κ2) is 4.12. The molecule has 66 valence electrons. The zero-order valence-corrected chi connectivity index (χ0v) is 7.46. The van der Waals surface area contributed by atoms with Gasteiger partial charge in [0, 0.05) is 11.7 Å². The molecule has 0 saturated carbocycles. The Morgan fingerprint density at radius 1 is 1.42 bits per heavy atom. The number of hydrogen-bond acceptors (Lipinski definition) is 2. The Bertz CT molecular complexity index is 245. The highest BCUT2D eigenvalue weighted by atomic mass is 14.6. The Morgan fingerprint density at radius 2 is 2.17 bits per heavy atom. The first kappa shape index (κ1) is 9.07. The molecule has 1 atom stereocenters. The fourth-order valence-electron chi connectivity index (χ4n) is 1.17. The van der Waals surface area contributed by atoms with Crippen LogP contribution in [-0.2, 0) is 6.42 Å². The van der Waals surface area contributed by atoms with Gasteiger partial charge in [0.25, 0.3) is 0 Å². The third-order valence-corrected chi connectivity index (χ3v) is 1.97. The summed E-state index contributed by atoms with van der Waals surface area (Å²) >= 11 is 0. The van der Waals surface area contributed by atoms with Crippen LogP contribution in [0, 0.1) is 0 Å². The molecule has 0 amide bonds. The maximum absolute atomic E-state index is 5.81. The molecule has 0 spiro atoms. The van der Waals surface area contributed by atoms with E-state index in [9.17, 15) is 0 Å². The van der Waals surface area contributed by atoms with Gasteiger partial charge in [0.2, 0.25) is 0 Å². The standard InChI is InChI=1S/C10H16N2/c1-2-9(11)6-8-4-3-5-10(12)7-8/h3-5,7,9H,2,6,11-12H2,1H3. The Hall–Kier alpha value is -1.02. The summed E-state index contributed by atoms with van der Waals surface area (Å²) in [7, 11) is 0. The highest BCUT2D eigenvalue weighted by Gasteiger charge is 2.00. The summed E-state index contributed by atoms with van der Waals surface area (Å²) < 4.78 is 0. The summed E-state index contributed by atoms with van der Waals surface area (Å²) in [6.07, 6.45) is 1.93. The van der Waals surface area contributed by atoms with Crippen LogP contribution in [0.25, 0.3) is 0 Å². The molecule has 1 aromatic rings. The molecule has 0 aliphatic carbocycles. The maximum Gasteiger partial charge on any atom is 0.0316 e. The second-order valence-corrected chi connectivity index (χ2v) is 3.12. The molecule has 0 radical (unpaired) electrons. The molecular formula is C10H16N2. The minimum atomic E-state index is 0.256. The molecule has 2 nitrogen and oxygen atoms in total. The number of nitrogens with two attached hydrogens (primary N) is 2. The Balaban J connectivity index is 2.63. The predicted molar refractivity (Wildman–Crippen MR) is 52.8 cm³/mol. The van der Waals surface area contributed by atoms with Gasteiger partial charge in [-0.3, -0.25) is 0 Å². The van der Waals surface area contributed by atoms with E-state index in [0.717, 1.165) is 18.5 Å². The van der Waals surface area contributed by atoms with Gasteiger partial charge in [0.05, 0.1) is 0 Å². The SMILES string of the molecule is CCC(N)Cc1cccc(N)c1. The van der Waals surface area contributed by atoms with Crippen molar-refractivity contribution in [2.24, 2.45) is 5.73 Å². The van der Waals surface area contributed by atoms with Crippen molar-refractivity contribution >= 4 is 5.69 Å². The lowest BCUT2D eigenvalue weighted by molar-refractivity contribution is 0.646. The number of anilines is 1. The molecule has 0 aromatic heterocycles. The molecule has 0 saturated heterocycles. The minimum Gasteiger partial charge on any atom is -0.399 e. The minimum absolute atomic E-state index is 0.256. The quantitative estimate of drug-likeness (QED) is 0.666. The predicted octanol–water partition coefficient (Wildman–Crippen LogP) is 1.55. The Labute approximate surface area is 73.6 Å². The van der Waals surface area contributed by atoms with Crippen molar-refractivity contribution in [1.82, 2.24) is 0 Å². The fourth-order valence-corrected chi connectivity index (χ4v) is 1.17. The summed E-state index contributed by atoms with van der Waals surface area (Å²) in [5.74, 6) is 0. The number of nitrogen functional groups attached to an aromatic ring is 1. The molecule has 0 heterocycles. The summed E-state index contributed by atoms with van der Waals surface area (Å²) in [4.78, 5) is 0. The van der Waals surface area contributed by atoms with E-state index in [1.807, 2.05) is 18.2 Å². The van der Waals surface area contributed by atoms with Gasteiger partial charge >= 0.3 is 0 Å². The van der Waals surface area contributed by atoms with Crippen LogP contribution in [0.1, 0.15) is 18.9 Å². The van der Waals surface area contributed by atoms with Crippen molar-refractivity contribution in [3.63, 3.8) is 0 Å². The van der Waals surface area contributed by atoms with E-state index in [1.54, 1.807) is 0 Å². The number of rotatable bonds is 3. The van der Waals surface area contributed by atoms with Gasteiger partial charge in [-0.25, -0.2) is 0 Å². The lowest BCUT2D eigenvalue weighted by atomic mass is 10.0. The van der Waals surface area contributed by atoms with Crippen LogP contribution >= 0.6 is 0 Å². The fraction of sp³-hybridized carbons (Fsp3) is 0.400. The molecule has 1 rings (SSSR count). The summed E-state index contributed by atoms with van der Waals surface area (Å²) in [6.45, 7) is 2.09. The first-order valence-corrected chi connectivity index (χ1v) is 4.32. The molecule has 0 fully saturated rings. The lowest BCUT2D eigenvalue weighted by Crippen LogP contribution is -2.21. The van der Waals surface area contributed by atoms with Gasteiger partial charge in [-0.15, -0.1) is 0 Å². The third kappa shape index (κ3) is 2.55. The molecule has 0 aliphatic rings. The largest absolute Gasteiger partial charge is 0.399 e. The Morgan fingerprint density at radius 3 is 2.75 bits per heavy atom. The van der Waals surface area contributed by atoms with E-state index in [4.69, 9.17) is 11.5 Å². The van der Waals surface area contributed by atoms with Gasteiger partial charge in [-0.05, 0) is 30.5 Å². The first-order valence-electron chi connectivity index (χ1n) is 4.32. The van der Waals surface area contributed by atoms with Gasteiger partial charge in [0.15, 0.2) is 0 Å². The molecule has 1 aromatic carbocycles. The van der Waals surface area contributed by atoms with Crippen molar-refractivity contribution in [3.8, 4) is 0 Å². The summed E-state index contributed by atoms with van der Waals surface area (Å²) in [6, 6.07) is 8.15. The van der Waals surface area contributed by atoms with Gasteiger partial charge < -0.3 is 11.5 Å². The van der Waals surface area contributed by atoms with Crippen LogP contribution in [0.3, 0.4) is 0 Å². The smallest absolute Gasteiger partial charge is 0.0316 e. The van der Waals surface area contributed by atoms with E-state index < -0.39 is 0 Å². The molecule has 1 unspecified atom stereocenters. The zero-order chi connectivity index (χ0) is 8.97. The monoisotopic (exact) mass is 164 g/mol. The van der Waals surface area contributed by atoms with E-state index in [2.05, 4.69) is 13.0 Å². The molecule has 0 bridgehead atoms. The zero-order valence-electron chi connectivity index (χ0n) is 7.46. The van der Waals surface area contributed by atoms with Gasteiger partial charge in [-0.2, -0.15) is 0 Å². The number of benzene rings is 1. The molecule has 0 aliphatic heterocycles. The molecular weight excluding hydrogens is 148 g/mol. The van der Waals surface area contributed by atoms with Crippen LogP contribution in [0.5, 0.6) is 0 Å². The van der Waals surface area contributed by atoms with Crippen molar-refractivity contribution in [3.05, 3.63) is 29.8 Å². The van der Waals surface area contributed by atoms with E-state index in [1.165, 1.54) is 5.56 Å². The van der Waals surface area contributed by atoms with Crippen molar-refractivity contribution in [2.45, 2.75) is 25.8 Å². The highest BCUT2D eigenvalue weighted by Crippen LogP contribution is 2.08. The Kier molecular flexibility index (Phi) is 3.11. The molecule has 4 N–H and O–H groups in total. The van der Waals surface area contributed by atoms with Gasteiger partial charge in [0.1, 0.15) is 0 Å². The summed E-state index contributed by atoms with van der Waals surface area (Å²) in [5, 5.41) is 0. The topological polar surface area (TPSA) is 52.0 Å². The van der Waals surface area contributed by atoms with Crippen molar-refractivity contribution in [1.29, 1.82) is 0 Å². The van der Waals surface area contributed by atoms with Gasteiger partial charge in [-0.1, -0.05) is 19.1 Å².